The highest BCUT2D eigenvalue weighted by molar-refractivity contribution is 5.92. The maximum Gasteiger partial charge on any atom is 0.408 e. The quantitative estimate of drug-likeness (QED) is 0.0948. The van der Waals surface area contributed by atoms with Gasteiger partial charge in [0.1, 0.15) is 30.8 Å². The molecule has 4 N–H and O–H groups in total. The number of esters is 2. The molecule has 276 valence electrons. The van der Waals surface area contributed by atoms with Crippen LogP contribution in [0.25, 0.3) is 21.8 Å². The molecule has 0 radical (unpaired) electrons. The minimum atomic E-state index is -1.16. The van der Waals surface area contributed by atoms with Crippen LogP contribution in [0.15, 0.2) is 116 Å². The van der Waals surface area contributed by atoms with Crippen LogP contribution in [0.5, 0.6) is 0 Å². The van der Waals surface area contributed by atoms with Crippen molar-refractivity contribution in [3.05, 3.63) is 132 Å². The molecule has 54 heavy (non-hydrogen) atoms. The van der Waals surface area contributed by atoms with Crippen molar-refractivity contribution in [1.29, 1.82) is 0 Å². The molecule has 1 fully saturated rings. The van der Waals surface area contributed by atoms with Crippen molar-refractivity contribution < 1.29 is 33.4 Å². The molecule has 6 aromatic rings. The summed E-state index contributed by atoms with van der Waals surface area (Å²) in [6, 6.07) is 24.8. The molecule has 4 atom stereocenters. The third-order valence-corrected chi connectivity index (χ3v) is 9.66. The van der Waals surface area contributed by atoms with E-state index in [1.807, 2.05) is 90.0 Å². The smallest absolute Gasteiger partial charge is 0.408 e. The number of H-pyrrole nitrogens is 2. The topological polar surface area (TPSA) is 168 Å². The van der Waals surface area contributed by atoms with Gasteiger partial charge in [0, 0.05) is 78.1 Å². The van der Waals surface area contributed by atoms with E-state index in [4.69, 9.17) is 14.2 Å². The number of hydrogen-bond acceptors (Lipinski definition) is 9. The van der Waals surface area contributed by atoms with Crippen LogP contribution in [0.3, 0.4) is 0 Å². The number of pyridine rings is 1. The van der Waals surface area contributed by atoms with Crippen molar-refractivity contribution in [1.82, 2.24) is 25.6 Å². The van der Waals surface area contributed by atoms with Gasteiger partial charge in [-0.25, -0.2) is 14.4 Å². The molecule has 13 heteroatoms. The van der Waals surface area contributed by atoms with Gasteiger partial charge in [0.15, 0.2) is 0 Å². The number of para-hydroxylation sites is 2. The van der Waals surface area contributed by atoms with Crippen LogP contribution in [-0.4, -0.2) is 76.8 Å². The lowest BCUT2D eigenvalue weighted by molar-refractivity contribution is -0.153. The molecule has 1 saturated heterocycles. The van der Waals surface area contributed by atoms with Gasteiger partial charge in [-0.2, -0.15) is 0 Å². The number of ether oxygens (including phenoxy) is 3. The zero-order chi connectivity index (χ0) is 37.4. The molecule has 0 saturated carbocycles. The Kier molecular flexibility index (Phi) is 10.8. The fraction of sp³-hybridized carbons (Fsp3) is 0.244. The lowest BCUT2D eigenvalue weighted by Crippen LogP contribution is -2.55. The van der Waals surface area contributed by atoms with Crippen LogP contribution in [0.1, 0.15) is 23.1 Å². The highest BCUT2D eigenvalue weighted by atomic mass is 16.6. The minimum absolute atomic E-state index is 0.00714. The van der Waals surface area contributed by atoms with Crippen LogP contribution >= 0.6 is 0 Å². The first-order valence-corrected chi connectivity index (χ1v) is 17.7. The van der Waals surface area contributed by atoms with Gasteiger partial charge in [-0.1, -0.05) is 66.7 Å². The van der Waals surface area contributed by atoms with Crippen LogP contribution in [0.4, 0.5) is 10.5 Å². The predicted molar refractivity (Wildman–Crippen MR) is 201 cm³/mol. The Morgan fingerprint density at radius 2 is 1.37 bits per heavy atom. The van der Waals surface area contributed by atoms with Crippen molar-refractivity contribution in [2.75, 3.05) is 18.6 Å². The first-order valence-electron chi connectivity index (χ1n) is 17.7. The first kappa shape index (κ1) is 35.8. The zero-order valence-corrected chi connectivity index (χ0v) is 29.6. The number of fused-ring (bicyclic) bond motifs is 2. The van der Waals surface area contributed by atoms with E-state index >= 15 is 0 Å². The highest BCUT2D eigenvalue weighted by Gasteiger charge is 2.44. The Hall–Kier alpha value is -6.63. The summed E-state index contributed by atoms with van der Waals surface area (Å²) in [6.45, 7) is 0.373. The molecule has 13 nitrogen and oxygen atoms in total. The average molecular weight is 729 g/mol. The Morgan fingerprint density at radius 3 is 2.00 bits per heavy atom. The van der Waals surface area contributed by atoms with E-state index in [9.17, 15) is 19.2 Å². The number of benzene rings is 3. The fourth-order valence-electron chi connectivity index (χ4n) is 6.99. The zero-order valence-electron chi connectivity index (χ0n) is 29.6. The third-order valence-electron chi connectivity index (χ3n) is 9.66. The minimum Gasteiger partial charge on any atom is -0.467 e. The number of methoxy groups -OCH3 is 1. The summed E-state index contributed by atoms with van der Waals surface area (Å²) in [5.41, 5.74) is 4.86. The normalized spacial score (nSPS) is 16.4. The summed E-state index contributed by atoms with van der Waals surface area (Å²) in [5.74, 6) is -1.88. The summed E-state index contributed by atoms with van der Waals surface area (Å²) < 4.78 is 16.7. The second kappa shape index (κ2) is 16.4. The van der Waals surface area contributed by atoms with E-state index < -0.39 is 48.2 Å². The molecule has 0 aliphatic carbocycles. The van der Waals surface area contributed by atoms with Gasteiger partial charge in [-0.15, -0.1) is 0 Å². The number of carbonyl (C=O) groups is 4. The highest BCUT2D eigenvalue weighted by Crippen LogP contribution is 2.29. The van der Waals surface area contributed by atoms with E-state index in [0.717, 1.165) is 38.5 Å². The van der Waals surface area contributed by atoms with Gasteiger partial charge < -0.3 is 39.7 Å². The molecule has 1 aliphatic heterocycles. The maximum absolute atomic E-state index is 14.3. The lowest BCUT2D eigenvalue weighted by Gasteiger charge is -2.30. The summed E-state index contributed by atoms with van der Waals surface area (Å²) in [5, 5.41) is 7.41. The summed E-state index contributed by atoms with van der Waals surface area (Å²) >= 11 is 0. The SMILES string of the molecule is COC(=O)[C@H](Cc1c[nH]c2ccccc12)NC(=O)[C@@H]1[C@@H](OC(=O)[C@H](Cc2c[nH]c3ccccc23)NC(=O)OCc2ccccc2)CCN1c1ccncc1. The lowest BCUT2D eigenvalue weighted by atomic mass is 10.0. The average Bonchev–Trinajstić information content (AvgIpc) is 3.94. The van der Waals surface area contributed by atoms with E-state index in [0.29, 0.717) is 18.7 Å². The van der Waals surface area contributed by atoms with Crippen molar-refractivity contribution >= 4 is 51.4 Å². The largest absolute Gasteiger partial charge is 0.467 e. The molecular formula is C41H40N6O7. The van der Waals surface area contributed by atoms with Gasteiger partial charge in [0.05, 0.1) is 7.11 Å². The molecule has 3 aromatic heterocycles. The van der Waals surface area contributed by atoms with E-state index in [-0.39, 0.29) is 19.4 Å². The van der Waals surface area contributed by atoms with Crippen molar-refractivity contribution in [2.24, 2.45) is 0 Å². The number of aromatic amines is 2. The summed E-state index contributed by atoms with van der Waals surface area (Å²) in [6.07, 6.45) is 5.65. The molecule has 2 amide bonds. The van der Waals surface area contributed by atoms with E-state index in [1.165, 1.54) is 7.11 Å². The standard InChI is InChI=1S/C41H40N6O7/c1-52-39(49)34(21-27-23-43-32-13-7-5-11-30(27)32)45-38(48)37-36(17-20-47(37)29-15-18-42-19-16-29)54-40(50)35(22-28-24-44-33-14-8-6-12-31(28)33)46-41(51)53-25-26-9-3-2-4-10-26/h2-16,18-19,23-24,34-37,43-44H,17,20-22,25H2,1H3,(H,45,48)(H,46,51)/t34-,35-,36-,37-/m0/s1. The van der Waals surface area contributed by atoms with Crippen LogP contribution < -0.4 is 15.5 Å². The van der Waals surface area contributed by atoms with Gasteiger partial charge in [-0.05, 0) is 41.0 Å². The Balaban J connectivity index is 1.13. The molecule has 1 aliphatic rings. The number of alkyl carbamates (subject to hydrolysis) is 1. The number of carbonyl (C=O) groups excluding carboxylic acids is 4. The number of anilines is 1. The number of nitrogens with one attached hydrogen (secondary N) is 4. The van der Waals surface area contributed by atoms with Gasteiger partial charge in [0.2, 0.25) is 5.91 Å². The predicted octanol–water partition coefficient (Wildman–Crippen LogP) is 4.97. The van der Waals surface area contributed by atoms with Crippen molar-refractivity contribution in [3.8, 4) is 0 Å². The number of hydrogen-bond donors (Lipinski definition) is 4. The van der Waals surface area contributed by atoms with Crippen LogP contribution in [0.2, 0.25) is 0 Å². The molecule has 3 aromatic carbocycles. The number of rotatable bonds is 13. The molecule has 7 rings (SSSR count). The van der Waals surface area contributed by atoms with Gasteiger partial charge in [-0.3, -0.25) is 9.78 Å². The molecule has 0 bridgehead atoms. The van der Waals surface area contributed by atoms with Crippen LogP contribution in [0, 0.1) is 0 Å². The van der Waals surface area contributed by atoms with E-state index in [1.54, 1.807) is 30.7 Å². The number of amides is 2. The third kappa shape index (κ3) is 8.04. The maximum atomic E-state index is 14.3. The Labute approximate surface area is 311 Å². The second-order valence-corrected chi connectivity index (χ2v) is 13.1. The second-order valence-electron chi connectivity index (χ2n) is 13.1. The fourth-order valence-corrected chi connectivity index (χ4v) is 6.99. The Morgan fingerprint density at radius 1 is 0.778 bits per heavy atom. The van der Waals surface area contributed by atoms with Gasteiger partial charge >= 0.3 is 18.0 Å². The molecule has 4 heterocycles. The van der Waals surface area contributed by atoms with E-state index in [2.05, 4.69) is 25.6 Å². The number of nitrogens with zero attached hydrogens (tertiary/aromatic N) is 2. The molecular weight excluding hydrogens is 688 g/mol. The monoisotopic (exact) mass is 728 g/mol. The summed E-state index contributed by atoms with van der Waals surface area (Å²) in [7, 11) is 1.27. The molecule has 0 unspecified atom stereocenters. The number of aromatic nitrogens is 3. The summed E-state index contributed by atoms with van der Waals surface area (Å²) in [4.78, 5) is 67.1. The van der Waals surface area contributed by atoms with Crippen molar-refractivity contribution in [3.63, 3.8) is 0 Å². The van der Waals surface area contributed by atoms with Crippen LogP contribution in [-0.2, 0) is 48.0 Å². The van der Waals surface area contributed by atoms with Crippen molar-refractivity contribution in [2.45, 2.75) is 50.1 Å². The van der Waals surface area contributed by atoms with Gasteiger partial charge in [0.25, 0.3) is 0 Å². The Bertz CT molecular complexity index is 2240. The molecule has 0 spiro atoms. The first-order chi connectivity index (χ1) is 26.4.